The minimum atomic E-state index is -0.296. The number of carbonyl (C=O) groups is 2. The Labute approximate surface area is 94.6 Å². The molecule has 2 rings (SSSR count). The Morgan fingerprint density at radius 2 is 1.87 bits per heavy atom. The molecule has 1 unspecified atom stereocenters. The molecule has 1 aliphatic rings. The van der Waals surface area contributed by atoms with E-state index in [4.69, 9.17) is 0 Å². The number of carbonyl (C=O) groups excluding carboxylic acids is 2. The first-order valence-corrected chi connectivity index (χ1v) is 4.94. The summed E-state index contributed by atoms with van der Waals surface area (Å²) >= 11 is 3.01. The Bertz CT molecular complexity index is 294. The highest BCUT2D eigenvalue weighted by Gasteiger charge is 2.27. The number of hydrogen-bond acceptors (Lipinski definition) is 3. The van der Waals surface area contributed by atoms with Crippen LogP contribution in [0, 0.1) is 0 Å². The van der Waals surface area contributed by atoms with Gasteiger partial charge in [-0.05, 0) is 12.1 Å². The molecule has 1 aromatic rings. The predicted molar refractivity (Wildman–Crippen MR) is 57.2 cm³/mol. The van der Waals surface area contributed by atoms with Crippen molar-refractivity contribution in [3.8, 4) is 0 Å². The molecule has 6 heteroatoms. The van der Waals surface area contributed by atoms with E-state index < -0.39 is 0 Å². The summed E-state index contributed by atoms with van der Waals surface area (Å²) in [5.41, 5.74) is 0. The van der Waals surface area contributed by atoms with E-state index in [1.54, 1.807) is 12.4 Å². The van der Waals surface area contributed by atoms with E-state index in [0.29, 0.717) is 0 Å². The summed E-state index contributed by atoms with van der Waals surface area (Å²) in [4.78, 5) is 24.2. The van der Waals surface area contributed by atoms with Crippen LogP contribution in [0.4, 0.5) is 4.70 Å². The van der Waals surface area contributed by atoms with E-state index in [2.05, 4.69) is 26.2 Å². The van der Waals surface area contributed by atoms with Crippen LogP contribution >= 0.6 is 15.9 Å². The molecule has 1 N–H and O–H groups in total. The Balaban J connectivity index is 0.000000253. The monoisotopic (exact) mass is 276 g/mol. The number of amides is 2. The summed E-state index contributed by atoms with van der Waals surface area (Å²) in [6.45, 7) is 0. The molecular weight excluding hydrogens is 267 g/mol. The maximum atomic E-state index is 10.4. The number of rotatable bonds is 0. The summed E-state index contributed by atoms with van der Waals surface area (Å²) in [6.07, 6.45) is 3.78. The fraction of sp³-hybridized carbons (Fsp3) is 0.222. The average Bonchev–Trinajstić information content (AvgIpc) is 2.48. The summed E-state index contributed by atoms with van der Waals surface area (Å²) in [7, 11) is 0. The largest absolute Gasteiger partial charge is 0.295 e. The number of aromatic nitrogens is 1. The van der Waals surface area contributed by atoms with Crippen molar-refractivity contribution in [2.24, 2.45) is 0 Å². The van der Waals surface area contributed by atoms with Crippen LogP contribution in [-0.2, 0) is 9.59 Å². The van der Waals surface area contributed by atoms with Gasteiger partial charge in [0.25, 0.3) is 0 Å². The zero-order valence-corrected chi connectivity index (χ0v) is 9.31. The van der Waals surface area contributed by atoms with Crippen LogP contribution in [0.1, 0.15) is 6.42 Å². The van der Waals surface area contributed by atoms with Gasteiger partial charge in [-0.3, -0.25) is 24.6 Å². The first-order valence-electron chi connectivity index (χ1n) is 4.03. The summed E-state index contributed by atoms with van der Waals surface area (Å²) < 4.78 is 0. The van der Waals surface area contributed by atoms with E-state index in [-0.39, 0.29) is 27.8 Å². The third-order valence-corrected chi connectivity index (χ3v) is 2.22. The third-order valence-electron chi connectivity index (χ3n) is 1.48. The van der Waals surface area contributed by atoms with Crippen LogP contribution in [0.15, 0.2) is 30.6 Å². The Morgan fingerprint density at radius 3 is 2.00 bits per heavy atom. The molecule has 0 saturated carbocycles. The molecule has 82 valence electrons. The first-order chi connectivity index (χ1) is 6.70. The van der Waals surface area contributed by atoms with Gasteiger partial charge in [0, 0.05) is 18.8 Å². The molecule has 2 heterocycles. The summed E-state index contributed by atoms with van der Waals surface area (Å²) in [5.74, 6) is -0.424. The highest BCUT2D eigenvalue weighted by Crippen LogP contribution is 2.10. The van der Waals surface area contributed by atoms with Gasteiger partial charge in [-0.25, -0.2) is 0 Å². The van der Waals surface area contributed by atoms with Gasteiger partial charge in [0.1, 0.15) is 4.83 Å². The van der Waals surface area contributed by atoms with Gasteiger partial charge in [0.05, 0.1) is 0 Å². The average molecular weight is 277 g/mol. The van der Waals surface area contributed by atoms with Gasteiger partial charge in [0.15, 0.2) is 0 Å². The van der Waals surface area contributed by atoms with Crippen molar-refractivity contribution in [2.75, 3.05) is 0 Å². The Hall–Kier alpha value is -1.30. The van der Waals surface area contributed by atoms with Gasteiger partial charge < -0.3 is 0 Å². The summed E-state index contributed by atoms with van der Waals surface area (Å²) in [5, 5.41) is 2.14. The molecule has 1 aromatic heterocycles. The molecule has 1 saturated heterocycles. The van der Waals surface area contributed by atoms with Crippen LogP contribution in [0.2, 0.25) is 0 Å². The van der Waals surface area contributed by atoms with Crippen molar-refractivity contribution >= 4 is 27.7 Å². The zero-order chi connectivity index (χ0) is 10.4. The topological polar surface area (TPSA) is 59.1 Å². The number of nitrogens with one attached hydrogen (secondary N) is 1. The normalized spacial score (nSPS) is 18.3. The van der Waals surface area contributed by atoms with Gasteiger partial charge in [-0.1, -0.05) is 22.0 Å². The molecule has 0 bridgehead atoms. The van der Waals surface area contributed by atoms with Crippen molar-refractivity contribution in [3.63, 3.8) is 0 Å². The van der Waals surface area contributed by atoms with Gasteiger partial charge in [-0.2, -0.15) is 0 Å². The lowest BCUT2D eigenvalue weighted by atomic mass is 10.4. The van der Waals surface area contributed by atoms with Crippen molar-refractivity contribution in [3.05, 3.63) is 30.6 Å². The molecule has 1 fully saturated rings. The van der Waals surface area contributed by atoms with Crippen LogP contribution in [-0.4, -0.2) is 21.6 Å². The van der Waals surface area contributed by atoms with Gasteiger partial charge in [-0.15, -0.1) is 0 Å². The summed E-state index contributed by atoms with van der Waals surface area (Å²) in [6, 6.07) is 5.72. The zero-order valence-electron chi connectivity index (χ0n) is 7.72. The van der Waals surface area contributed by atoms with E-state index >= 15 is 0 Å². The smallest absolute Gasteiger partial charge is 0.240 e. The lowest BCUT2D eigenvalue weighted by Gasteiger charge is -1.86. The number of nitrogens with zero attached hydrogens (tertiary/aromatic N) is 1. The van der Waals surface area contributed by atoms with Crippen molar-refractivity contribution < 1.29 is 14.3 Å². The van der Waals surface area contributed by atoms with Crippen molar-refractivity contribution in [2.45, 2.75) is 11.2 Å². The minimum absolute atomic E-state index is 0. The molecule has 0 aromatic carbocycles. The van der Waals surface area contributed by atoms with Crippen LogP contribution in [0.25, 0.3) is 0 Å². The number of hydrogen-bond donors (Lipinski definition) is 1. The molecule has 15 heavy (non-hydrogen) atoms. The lowest BCUT2D eigenvalue weighted by molar-refractivity contribution is -0.124. The minimum Gasteiger partial charge on any atom is -0.295 e. The Kier molecular flexibility index (Phi) is 6.44. The highest BCUT2D eigenvalue weighted by molar-refractivity contribution is 9.10. The predicted octanol–water partition coefficient (Wildman–Crippen LogP) is 1.03. The molecule has 1 aliphatic heterocycles. The van der Waals surface area contributed by atoms with Gasteiger partial charge >= 0.3 is 0 Å². The lowest BCUT2D eigenvalue weighted by Crippen LogP contribution is -2.21. The second kappa shape index (κ2) is 7.05. The number of halogens is 2. The van der Waals surface area contributed by atoms with Crippen LogP contribution in [0.3, 0.4) is 0 Å². The SMILES string of the molecule is F.O=C1CC(Br)C(=O)N1.c1ccncc1. The molecule has 0 aliphatic carbocycles. The number of alkyl halides is 1. The van der Waals surface area contributed by atoms with Crippen LogP contribution in [0.5, 0.6) is 0 Å². The molecule has 2 amide bonds. The quantitative estimate of drug-likeness (QED) is 0.569. The number of imide groups is 1. The van der Waals surface area contributed by atoms with E-state index in [1.165, 1.54) is 0 Å². The standard InChI is InChI=1S/C5H5N.C4H4BrNO2.FH/c1-2-4-6-5-3-1;5-2-1-3(7)6-4(2)8;/h1-5H;2H,1H2,(H,6,7,8);1H. The van der Waals surface area contributed by atoms with E-state index in [0.717, 1.165) is 0 Å². The van der Waals surface area contributed by atoms with Crippen LogP contribution < -0.4 is 5.32 Å². The highest BCUT2D eigenvalue weighted by atomic mass is 79.9. The van der Waals surface area contributed by atoms with Crippen molar-refractivity contribution in [1.82, 2.24) is 10.3 Å². The van der Waals surface area contributed by atoms with E-state index in [9.17, 15) is 9.59 Å². The van der Waals surface area contributed by atoms with Gasteiger partial charge in [0.2, 0.25) is 11.8 Å². The fourth-order valence-electron chi connectivity index (χ4n) is 0.835. The maximum absolute atomic E-state index is 10.4. The fourth-order valence-corrected chi connectivity index (χ4v) is 1.24. The van der Waals surface area contributed by atoms with Crippen molar-refractivity contribution in [1.29, 1.82) is 0 Å². The molecule has 4 nitrogen and oxygen atoms in total. The third kappa shape index (κ3) is 5.21. The molecule has 0 radical (unpaired) electrons. The van der Waals surface area contributed by atoms with E-state index in [1.807, 2.05) is 18.2 Å². The second-order valence-electron chi connectivity index (χ2n) is 2.61. The second-order valence-corrected chi connectivity index (χ2v) is 3.71. The maximum Gasteiger partial charge on any atom is 0.240 e. The molecule has 0 spiro atoms. The molecular formula is C9H10BrFN2O2. The number of pyridine rings is 1. The molecule has 1 atom stereocenters. The first kappa shape index (κ1) is 13.7. The Morgan fingerprint density at radius 1 is 1.27 bits per heavy atom.